The van der Waals surface area contributed by atoms with Gasteiger partial charge >= 0.3 is 0 Å². The lowest BCUT2D eigenvalue weighted by Gasteiger charge is -2.30. The van der Waals surface area contributed by atoms with Crippen LogP contribution < -0.4 is 5.73 Å². The first-order chi connectivity index (χ1) is 7.70. The lowest BCUT2D eigenvalue weighted by molar-refractivity contribution is 0.193. The van der Waals surface area contributed by atoms with Crippen molar-refractivity contribution in [1.29, 1.82) is 0 Å². The molecule has 1 aromatic rings. The molecule has 2 atom stereocenters. The highest BCUT2D eigenvalue weighted by atomic mass is 32.2. The average Bonchev–Trinajstić information content (AvgIpc) is 2.79. The monoisotopic (exact) mass is 242 g/mol. The molecule has 0 saturated heterocycles. The number of likely N-dealkylation sites (N-methyl/N-ethyl adjacent to an activating group) is 1. The van der Waals surface area contributed by atoms with E-state index >= 15 is 0 Å². The molecule has 3 nitrogen and oxygen atoms in total. The molecule has 2 N–H and O–H groups in total. The number of furan rings is 1. The molecule has 92 valence electrons. The highest BCUT2D eigenvalue weighted by molar-refractivity contribution is 7.98. The van der Waals surface area contributed by atoms with Crippen molar-refractivity contribution >= 4 is 11.8 Å². The molecule has 0 amide bonds. The zero-order valence-corrected chi connectivity index (χ0v) is 11.2. The van der Waals surface area contributed by atoms with Crippen LogP contribution in [-0.4, -0.2) is 36.5 Å². The summed E-state index contributed by atoms with van der Waals surface area (Å²) < 4.78 is 5.49. The smallest absolute Gasteiger partial charge is 0.122 e. The van der Waals surface area contributed by atoms with Gasteiger partial charge in [-0.25, -0.2) is 0 Å². The fraction of sp³-hybridized carbons (Fsp3) is 0.667. The lowest BCUT2D eigenvalue weighted by atomic mass is 10.0. The van der Waals surface area contributed by atoms with Gasteiger partial charge in [-0.3, -0.25) is 4.90 Å². The fourth-order valence-electron chi connectivity index (χ4n) is 1.81. The van der Waals surface area contributed by atoms with Crippen molar-refractivity contribution < 1.29 is 4.42 Å². The normalized spacial score (nSPS) is 15.3. The fourth-order valence-corrected chi connectivity index (χ4v) is 2.28. The molecule has 4 heteroatoms. The van der Waals surface area contributed by atoms with E-state index in [1.807, 2.05) is 23.9 Å². The molecule has 1 rings (SSSR count). The van der Waals surface area contributed by atoms with Gasteiger partial charge in [0, 0.05) is 18.3 Å². The van der Waals surface area contributed by atoms with Gasteiger partial charge < -0.3 is 10.2 Å². The Labute approximate surface area is 102 Å². The van der Waals surface area contributed by atoms with E-state index in [0.717, 1.165) is 24.5 Å². The van der Waals surface area contributed by atoms with E-state index in [4.69, 9.17) is 10.2 Å². The zero-order valence-electron chi connectivity index (χ0n) is 10.3. The van der Waals surface area contributed by atoms with Crippen LogP contribution in [0.1, 0.15) is 25.1 Å². The maximum atomic E-state index is 6.17. The minimum absolute atomic E-state index is 0.123. The molecule has 0 saturated carbocycles. The number of hydrogen-bond acceptors (Lipinski definition) is 4. The Balaban J connectivity index is 2.71. The Hall–Kier alpha value is -0.450. The third-order valence-electron chi connectivity index (χ3n) is 2.83. The Bertz CT molecular complexity index is 277. The molecule has 1 aromatic heterocycles. The van der Waals surface area contributed by atoms with E-state index in [0.29, 0.717) is 0 Å². The molecule has 16 heavy (non-hydrogen) atoms. The van der Waals surface area contributed by atoms with Gasteiger partial charge in [0.05, 0.1) is 12.3 Å². The second-order valence-corrected chi connectivity index (χ2v) is 4.99. The molecule has 0 aliphatic heterocycles. The predicted molar refractivity (Wildman–Crippen MR) is 70.7 cm³/mol. The Morgan fingerprint density at radius 3 is 2.81 bits per heavy atom. The van der Waals surface area contributed by atoms with Gasteiger partial charge in [0.2, 0.25) is 0 Å². The molecule has 0 aliphatic rings. The molecule has 0 radical (unpaired) electrons. The molecule has 0 spiro atoms. The predicted octanol–water partition coefficient (Wildman–Crippen LogP) is 2.35. The van der Waals surface area contributed by atoms with Gasteiger partial charge in [0.15, 0.2) is 0 Å². The molecule has 0 aliphatic carbocycles. The van der Waals surface area contributed by atoms with Crippen LogP contribution in [0, 0.1) is 0 Å². The van der Waals surface area contributed by atoms with Gasteiger partial charge in [0.1, 0.15) is 5.76 Å². The number of thioether (sulfide) groups is 1. The summed E-state index contributed by atoms with van der Waals surface area (Å²) in [5, 5.41) is 0. The average molecular weight is 242 g/mol. The summed E-state index contributed by atoms with van der Waals surface area (Å²) >= 11 is 1.85. The van der Waals surface area contributed by atoms with Crippen molar-refractivity contribution in [3.63, 3.8) is 0 Å². The van der Waals surface area contributed by atoms with E-state index in [-0.39, 0.29) is 12.1 Å². The number of rotatable bonds is 7. The quantitative estimate of drug-likeness (QED) is 0.797. The standard InChI is InChI=1S/C12H22N2OS/c1-4-10(13)12(11-6-5-8-15-11)14(2)7-9-16-3/h5-6,8,10,12H,4,7,9,13H2,1-3H3. The molecular formula is C12H22N2OS. The third kappa shape index (κ3) is 3.54. The van der Waals surface area contributed by atoms with Crippen molar-refractivity contribution in [3.8, 4) is 0 Å². The Morgan fingerprint density at radius 2 is 2.31 bits per heavy atom. The summed E-state index contributed by atoms with van der Waals surface area (Å²) in [7, 11) is 2.11. The molecule has 2 unspecified atom stereocenters. The Kier molecular flexibility index (Phi) is 5.95. The van der Waals surface area contributed by atoms with Crippen LogP contribution in [0.25, 0.3) is 0 Å². The van der Waals surface area contributed by atoms with Gasteiger partial charge in [-0.1, -0.05) is 6.92 Å². The largest absolute Gasteiger partial charge is 0.468 e. The van der Waals surface area contributed by atoms with E-state index in [1.165, 1.54) is 0 Å². The summed E-state index contributed by atoms with van der Waals surface area (Å²) in [4.78, 5) is 2.28. The number of hydrogen-bond donors (Lipinski definition) is 1. The highest BCUT2D eigenvalue weighted by Gasteiger charge is 2.24. The minimum Gasteiger partial charge on any atom is -0.468 e. The van der Waals surface area contributed by atoms with Crippen LogP contribution in [0.2, 0.25) is 0 Å². The number of nitrogens with zero attached hydrogens (tertiary/aromatic N) is 1. The maximum Gasteiger partial charge on any atom is 0.122 e. The molecule has 1 heterocycles. The van der Waals surface area contributed by atoms with Gasteiger partial charge in [-0.15, -0.1) is 0 Å². The summed E-state index contributed by atoms with van der Waals surface area (Å²) in [5.74, 6) is 2.09. The Morgan fingerprint density at radius 1 is 1.56 bits per heavy atom. The van der Waals surface area contributed by atoms with Crippen LogP contribution in [0.4, 0.5) is 0 Å². The summed E-state index contributed by atoms with van der Waals surface area (Å²) in [5.41, 5.74) is 6.17. The van der Waals surface area contributed by atoms with E-state index < -0.39 is 0 Å². The zero-order chi connectivity index (χ0) is 12.0. The topological polar surface area (TPSA) is 42.4 Å². The lowest BCUT2D eigenvalue weighted by Crippen LogP contribution is -2.39. The third-order valence-corrected chi connectivity index (χ3v) is 3.43. The SMILES string of the molecule is CCC(N)C(c1ccco1)N(C)CCSC. The maximum absolute atomic E-state index is 6.17. The van der Waals surface area contributed by atoms with Crippen LogP contribution >= 0.6 is 11.8 Å². The first-order valence-corrected chi connectivity index (χ1v) is 7.08. The highest BCUT2D eigenvalue weighted by Crippen LogP contribution is 2.24. The van der Waals surface area contributed by atoms with Crippen molar-refractivity contribution in [3.05, 3.63) is 24.2 Å². The van der Waals surface area contributed by atoms with Crippen molar-refractivity contribution in [2.45, 2.75) is 25.4 Å². The molecule has 0 bridgehead atoms. The van der Waals surface area contributed by atoms with Crippen LogP contribution in [0.15, 0.2) is 22.8 Å². The number of nitrogens with two attached hydrogens (primary N) is 1. The van der Waals surface area contributed by atoms with Crippen molar-refractivity contribution in [1.82, 2.24) is 4.90 Å². The second-order valence-electron chi connectivity index (χ2n) is 4.01. The van der Waals surface area contributed by atoms with E-state index in [9.17, 15) is 0 Å². The van der Waals surface area contributed by atoms with Gasteiger partial charge in [-0.2, -0.15) is 11.8 Å². The van der Waals surface area contributed by atoms with Gasteiger partial charge in [-0.05, 0) is 31.9 Å². The molecule has 0 fully saturated rings. The molecular weight excluding hydrogens is 220 g/mol. The first-order valence-electron chi connectivity index (χ1n) is 5.68. The first kappa shape index (κ1) is 13.6. The summed E-state index contributed by atoms with van der Waals surface area (Å²) in [6, 6.07) is 4.24. The summed E-state index contributed by atoms with van der Waals surface area (Å²) in [6.07, 6.45) is 4.79. The van der Waals surface area contributed by atoms with Crippen LogP contribution in [-0.2, 0) is 0 Å². The molecule has 0 aromatic carbocycles. The van der Waals surface area contributed by atoms with Crippen LogP contribution in [0.5, 0.6) is 0 Å². The van der Waals surface area contributed by atoms with Crippen molar-refractivity contribution in [2.75, 3.05) is 25.6 Å². The van der Waals surface area contributed by atoms with Crippen molar-refractivity contribution in [2.24, 2.45) is 5.73 Å². The van der Waals surface area contributed by atoms with Crippen LogP contribution in [0.3, 0.4) is 0 Å². The van der Waals surface area contributed by atoms with Gasteiger partial charge in [0.25, 0.3) is 0 Å². The summed E-state index contributed by atoms with van der Waals surface area (Å²) in [6.45, 7) is 3.14. The minimum atomic E-state index is 0.123. The van der Waals surface area contributed by atoms with E-state index in [2.05, 4.69) is 25.1 Å². The van der Waals surface area contributed by atoms with E-state index in [1.54, 1.807) is 6.26 Å². The second kappa shape index (κ2) is 6.99.